The van der Waals surface area contributed by atoms with Crippen LogP contribution in [-0.4, -0.2) is 19.2 Å². The van der Waals surface area contributed by atoms with Crippen molar-refractivity contribution in [3.05, 3.63) is 28.8 Å². The molecule has 3 nitrogen and oxygen atoms in total. The van der Waals surface area contributed by atoms with Gasteiger partial charge in [-0.3, -0.25) is 4.79 Å². The number of carbonyl (C=O) groups is 1. The summed E-state index contributed by atoms with van der Waals surface area (Å²) < 4.78 is 11.3. The monoisotopic (exact) mass is 234 g/mol. The Balaban J connectivity index is 2.13. The number of ether oxygens (including phenoxy) is 2. The minimum absolute atomic E-state index is 0.135. The van der Waals surface area contributed by atoms with Crippen LogP contribution in [0, 0.1) is 13.8 Å². The van der Waals surface area contributed by atoms with E-state index in [-0.39, 0.29) is 6.29 Å². The number of rotatable bonds is 3. The number of aryl methyl sites for hydroxylation is 2. The Morgan fingerprint density at radius 3 is 2.53 bits per heavy atom. The standard InChI is InChI=1S/C14H18O3/c1-10-7-12(8-11(2)13(10)9-15)17-14-5-3-4-6-16-14/h7-9,14H,3-6H2,1-2H3. The van der Waals surface area contributed by atoms with E-state index in [2.05, 4.69) is 0 Å². The minimum atomic E-state index is -0.135. The van der Waals surface area contributed by atoms with Crippen molar-refractivity contribution < 1.29 is 14.3 Å². The highest BCUT2D eigenvalue weighted by molar-refractivity contribution is 5.80. The highest BCUT2D eigenvalue weighted by Crippen LogP contribution is 2.24. The van der Waals surface area contributed by atoms with Crippen molar-refractivity contribution in [1.82, 2.24) is 0 Å². The molecule has 0 saturated carbocycles. The van der Waals surface area contributed by atoms with E-state index >= 15 is 0 Å². The van der Waals surface area contributed by atoms with Crippen LogP contribution in [0.5, 0.6) is 5.75 Å². The quantitative estimate of drug-likeness (QED) is 0.754. The third-order valence-corrected chi connectivity index (χ3v) is 3.09. The maximum absolute atomic E-state index is 10.9. The molecule has 1 aromatic carbocycles. The van der Waals surface area contributed by atoms with Gasteiger partial charge in [-0.05, 0) is 49.9 Å². The van der Waals surface area contributed by atoms with Gasteiger partial charge in [-0.1, -0.05) is 0 Å². The molecule has 1 atom stereocenters. The van der Waals surface area contributed by atoms with Crippen LogP contribution >= 0.6 is 0 Å². The van der Waals surface area contributed by atoms with Crippen LogP contribution in [0.3, 0.4) is 0 Å². The topological polar surface area (TPSA) is 35.5 Å². The summed E-state index contributed by atoms with van der Waals surface area (Å²) >= 11 is 0. The SMILES string of the molecule is Cc1cc(OC2CCCCO2)cc(C)c1C=O. The zero-order valence-corrected chi connectivity index (χ0v) is 10.4. The van der Waals surface area contributed by atoms with E-state index in [1.54, 1.807) is 0 Å². The minimum Gasteiger partial charge on any atom is -0.465 e. The van der Waals surface area contributed by atoms with Gasteiger partial charge in [0.2, 0.25) is 0 Å². The van der Waals surface area contributed by atoms with Crippen LogP contribution in [0.25, 0.3) is 0 Å². The summed E-state index contributed by atoms with van der Waals surface area (Å²) in [4.78, 5) is 10.9. The molecule has 0 radical (unpaired) electrons. The summed E-state index contributed by atoms with van der Waals surface area (Å²) in [7, 11) is 0. The van der Waals surface area contributed by atoms with Gasteiger partial charge in [0.1, 0.15) is 5.75 Å². The molecular formula is C14H18O3. The lowest BCUT2D eigenvalue weighted by molar-refractivity contribution is -0.105. The van der Waals surface area contributed by atoms with Crippen molar-refractivity contribution >= 4 is 6.29 Å². The number of hydrogen-bond donors (Lipinski definition) is 0. The molecule has 3 heteroatoms. The molecule has 0 amide bonds. The van der Waals surface area contributed by atoms with Crippen LogP contribution in [0.2, 0.25) is 0 Å². The molecule has 0 bridgehead atoms. The van der Waals surface area contributed by atoms with Gasteiger partial charge in [0.05, 0.1) is 6.61 Å². The number of benzene rings is 1. The smallest absolute Gasteiger partial charge is 0.199 e. The second-order valence-corrected chi connectivity index (χ2v) is 4.50. The van der Waals surface area contributed by atoms with Crippen LogP contribution in [-0.2, 0) is 4.74 Å². The van der Waals surface area contributed by atoms with Crippen molar-refractivity contribution in [1.29, 1.82) is 0 Å². The fourth-order valence-electron chi connectivity index (χ4n) is 2.14. The van der Waals surface area contributed by atoms with Gasteiger partial charge in [0, 0.05) is 12.0 Å². The zero-order chi connectivity index (χ0) is 12.3. The average molecular weight is 234 g/mol. The Hall–Kier alpha value is -1.35. The van der Waals surface area contributed by atoms with Crippen LogP contribution < -0.4 is 4.74 Å². The van der Waals surface area contributed by atoms with Gasteiger partial charge in [-0.2, -0.15) is 0 Å². The van der Waals surface area contributed by atoms with Gasteiger partial charge in [-0.25, -0.2) is 0 Å². The molecule has 1 aromatic rings. The molecule has 1 fully saturated rings. The number of aldehydes is 1. The van der Waals surface area contributed by atoms with E-state index < -0.39 is 0 Å². The zero-order valence-electron chi connectivity index (χ0n) is 10.4. The Labute approximate surface area is 102 Å². The molecular weight excluding hydrogens is 216 g/mol. The predicted molar refractivity (Wildman–Crippen MR) is 65.5 cm³/mol. The molecule has 0 N–H and O–H groups in total. The summed E-state index contributed by atoms with van der Waals surface area (Å²) in [5.74, 6) is 0.789. The normalized spacial score (nSPS) is 20.0. The summed E-state index contributed by atoms with van der Waals surface area (Å²) in [6.07, 6.45) is 3.96. The maximum Gasteiger partial charge on any atom is 0.199 e. The van der Waals surface area contributed by atoms with Gasteiger partial charge < -0.3 is 9.47 Å². The second-order valence-electron chi connectivity index (χ2n) is 4.50. The van der Waals surface area contributed by atoms with Crippen molar-refractivity contribution in [2.24, 2.45) is 0 Å². The molecule has 1 unspecified atom stereocenters. The second kappa shape index (κ2) is 5.32. The Morgan fingerprint density at radius 1 is 1.29 bits per heavy atom. The molecule has 1 aliphatic rings. The average Bonchev–Trinajstić information content (AvgIpc) is 2.30. The maximum atomic E-state index is 10.9. The molecule has 1 aliphatic heterocycles. The van der Waals surface area contributed by atoms with Crippen molar-refractivity contribution in [2.75, 3.05) is 6.61 Å². The summed E-state index contributed by atoms with van der Waals surface area (Å²) in [6.45, 7) is 4.62. The van der Waals surface area contributed by atoms with Gasteiger partial charge >= 0.3 is 0 Å². The molecule has 0 aliphatic carbocycles. The van der Waals surface area contributed by atoms with Crippen molar-refractivity contribution in [3.63, 3.8) is 0 Å². The van der Waals surface area contributed by atoms with E-state index in [1.807, 2.05) is 26.0 Å². The molecule has 1 saturated heterocycles. The molecule has 17 heavy (non-hydrogen) atoms. The summed E-state index contributed by atoms with van der Waals surface area (Å²) in [6, 6.07) is 3.80. The first-order valence-corrected chi connectivity index (χ1v) is 6.05. The molecule has 0 spiro atoms. The first-order valence-electron chi connectivity index (χ1n) is 6.05. The van der Waals surface area contributed by atoms with Crippen molar-refractivity contribution in [2.45, 2.75) is 39.4 Å². The summed E-state index contributed by atoms with van der Waals surface area (Å²) in [5.41, 5.74) is 2.65. The van der Waals surface area contributed by atoms with Gasteiger partial charge in [-0.15, -0.1) is 0 Å². The molecule has 92 valence electrons. The number of hydrogen-bond acceptors (Lipinski definition) is 3. The van der Waals surface area contributed by atoms with E-state index in [9.17, 15) is 4.79 Å². The van der Waals surface area contributed by atoms with Crippen LogP contribution in [0.15, 0.2) is 12.1 Å². The van der Waals surface area contributed by atoms with E-state index in [0.29, 0.717) is 0 Å². The molecule has 1 heterocycles. The number of carbonyl (C=O) groups excluding carboxylic acids is 1. The van der Waals surface area contributed by atoms with Gasteiger partial charge in [0.25, 0.3) is 0 Å². The predicted octanol–water partition coefficient (Wildman–Crippen LogP) is 3.02. The Morgan fingerprint density at radius 2 is 2.00 bits per heavy atom. The van der Waals surface area contributed by atoms with E-state index in [0.717, 1.165) is 54.6 Å². The van der Waals surface area contributed by atoms with E-state index in [4.69, 9.17) is 9.47 Å². The lowest BCUT2D eigenvalue weighted by atomic mass is 10.0. The third-order valence-electron chi connectivity index (χ3n) is 3.09. The molecule has 0 aromatic heterocycles. The summed E-state index contributed by atoms with van der Waals surface area (Å²) in [5, 5.41) is 0. The fraction of sp³-hybridized carbons (Fsp3) is 0.500. The highest BCUT2D eigenvalue weighted by Gasteiger charge is 2.16. The lowest BCUT2D eigenvalue weighted by Crippen LogP contribution is -2.25. The lowest BCUT2D eigenvalue weighted by Gasteiger charge is -2.24. The molecule has 2 rings (SSSR count). The fourth-order valence-corrected chi connectivity index (χ4v) is 2.14. The first-order chi connectivity index (χ1) is 8.20. The Kier molecular flexibility index (Phi) is 3.79. The Bertz CT molecular complexity index is 383. The van der Waals surface area contributed by atoms with Gasteiger partial charge in [0.15, 0.2) is 12.6 Å². The first kappa shape index (κ1) is 12.1. The highest BCUT2D eigenvalue weighted by atomic mass is 16.7. The third kappa shape index (κ3) is 2.86. The largest absolute Gasteiger partial charge is 0.465 e. The van der Waals surface area contributed by atoms with Crippen molar-refractivity contribution in [3.8, 4) is 5.75 Å². The van der Waals surface area contributed by atoms with Crippen LogP contribution in [0.4, 0.5) is 0 Å². The van der Waals surface area contributed by atoms with E-state index in [1.165, 1.54) is 0 Å². The van der Waals surface area contributed by atoms with Crippen LogP contribution in [0.1, 0.15) is 40.7 Å².